The van der Waals surface area contributed by atoms with Crippen LogP contribution in [0.2, 0.25) is 5.02 Å². The summed E-state index contributed by atoms with van der Waals surface area (Å²) in [7, 11) is 0. The molecule has 0 aliphatic carbocycles. The first-order valence-corrected chi connectivity index (χ1v) is 7.55. The number of ether oxygens (including phenoxy) is 1. The maximum absolute atomic E-state index is 13.2. The van der Waals surface area contributed by atoms with Gasteiger partial charge in [0.1, 0.15) is 23.9 Å². The Morgan fingerprint density at radius 3 is 2.67 bits per heavy atom. The van der Waals surface area contributed by atoms with E-state index in [4.69, 9.17) is 20.9 Å². The molecule has 0 atom stereocenters. The smallest absolute Gasteiger partial charge is 0.174 e. The second kappa shape index (κ2) is 6.84. The van der Waals surface area contributed by atoms with Gasteiger partial charge in [0.25, 0.3) is 0 Å². The zero-order valence-corrected chi connectivity index (χ0v) is 13.5. The molecule has 122 valence electrons. The third-order valence-corrected chi connectivity index (χ3v) is 3.64. The van der Waals surface area contributed by atoms with Crippen molar-refractivity contribution in [1.29, 1.82) is 0 Å². The Bertz CT molecular complexity index is 874. The number of ketones is 1. The molecule has 0 unspecified atom stereocenters. The molecular formula is C18H13ClFNO3. The molecule has 0 amide bonds. The topological polar surface area (TPSA) is 52.3 Å². The van der Waals surface area contributed by atoms with Crippen molar-refractivity contribution in [3.63, 3.8) is 0 Å². The number of aromatic nitrogens is 1. The van der Waals surface area contributed by atoms with Gasteiger partial charge in [-0.1, -0.05) is 28.9 Å². The van der Waals surface area contributed by atoms with Gasteiger partial charge in [-0.2, -0.15) is 0 Å². The van der Waals surface area contributed by atoms with Gasteiger partial charge in [0.05, 0.1) is 5.56 Å². The van der Waals surface area contributed by atoms with E-state index in [1.165, 1.54) is 19.1 Å². The highest BCUT2D eigenvalue weighted by Crippen LogP contribution is 2.24. The Hall–Kier alpha value is -2.66. The lowest BCUT2D eigenvalue weighted by Crippen LogP contribution is -2.01. The summed E-state index contributed by atoms with van der Waals surface area (Å²) in [6.07, 6.45) is 0. The van der Waals surface area contributed by atoms with Crippen molar-refractivity contribution in [2.75, 3.05) is 0 Å². The van der Waals surface area contributed by atoms with Gasteiger partial charge in [0.15, 0.2) is 11.5 Å². The van der Waals surface area contributed by atoms with Crippen LogP contribution in [0.4, 0.5) is 4.39 Å². The normalized spacial score (nSPS) is 10.6. The summed E-state index contributed by atoms with van der Waals surface area (Å²) in [5.41, 5.74) is 1.70. The maximum atomic E-state index is 13.2. The van der Waals surface area contributed by atoms with Crippen LogP contribution in [0.15, 0.2) is 53.1 Å². The Kier molecular flexibility index (Phi) is 4.62. The average Bonchev–Trinajstić information content (AvgIpc) is 3.03. The fraction of sp³-hybridized carbons (Fsp3) is 0.111. The van der Waals surface area contributed by atoms with Crippen LogP contribution in [-0.2, 0) is 6.61 Å². The van der Waals surface area contributed by atoms with Crippen molar-refractivity contribution in [1.82, 2.24) is 5.16 Å². The Balaban J connectivity index is 1.74. The molecule has 0 aliphatic rings. The van der Waals surface area contributed by atoms with Gasteiger partial charge >= 0.3 is 0 Å². The molecule has 0 saturated carbocycles. The van der Waals surface area contributed by atoms with Crippen molar-refractivity contribution in [2.24, 2.45) is 0 Å². The first kappa shape index (κ1) is 16.2. The lowest BCUT2D eigenvalue weighted by molar-refractivity contribution is 0.101. The minimum absolute atomic E-state index is 0.0759. The number of hydrogen-bond donors (Lipinski definition) is 0. The molecule has 1 aromatic heterocycles. The number of Topliss-reactive ketones (excluding diaryl/α,β-unsaturated/α-hetero) is 1. The first-order chi connectivity index (χ1) is 11.5. The minimum atomic E-state index is -0.489. The fourth-order valence-electron chi connectivity index (χ4n) is 2.19. The van der Waals surface area contributed by atoms with Crippen LogP contribution in [0.1, 0.15) is 23.0 Å². The maximum Gasteiger partial charge on any atom is 0.174 e. The van der Waals surface area contributed by atoms with Gasteiger partial charge < -0.3 is 9.26 Å². The van der Waals surface area contributed by atoms with Crippen LogP contribution in [0, 0.1) is 5.82 Å². The highest BCUT2D eigenvalue weighted by Gasteiger charge is 2.12. The second-order valence-electron chi connectivity index (χ2n) is 5.17. The van der Waals surface area contributed by atoms with Gasteiger partial charge in [0, 0.05) is 16.7 Å². The molecule has 0 aliphatic heterocycles. The van der Waals surface area contributed by atoms with E-state index >= 15 is 0 Å². The van der Waals surface area contributed by atoms with Crippen LogP contribution in [-0.4, -0.2) is 10.9 Å². The fourth-order valence-corrected chi connectivity index (χ4v) is 2.32. The van der Waals surface area contributed by atoms with E-state index in [2.05, 4.69) is 5.16 Å². The van der Waals surface area contributed by atoms with Crippen molar-refractivity contribution in [3.8, 4) is 17.0 Å². The lowest BCUT2D eigenvalue weighted by Gasteiger charge is -2.08. The van der Waals surface area contributed by atoms with Crippen molar-refractivity contribution < 1.29 is 18.4 Å². The van der Waals surface area contributed by atoms with Crippen molar-refractivity contribution in [3.05, 3.63) is 70.7 Å². The summed E-state index contributed by atoms with van der Waals surface area (Å²) in [4.78, 5) is 11.6. The number of rotatable bonds is 5. The van der Waals surface area contributed by atoms with E-state index in [9.17, 15) is 9.18 Å². The average molecular weight is 346 g/mol. The molecular weight excluding hydrogens is 333 g/mol. The molecule has 0 N–H and O–H groups in total. The zero-order chi connectivity index (χ0) is 17.1. The van der Waals surface area contributed by atoms with Gasteiger partial charge in [0.2, 0.25) is 0 Å². The van der Waals surface area contributed by atoms with E-state index in [0.717, 1.165) is 11.6 Å². The van der Waals surface area contributed by atoms with E-state index in [1.54, 1.807) is 18.2 Å². The highest BCUT2D eigenvalue weighted by atomic mass is 35.5. The summed E-state index contributed by atoms with van der Waals surface area (Å²) in [6.45, 7) is 1.43. The third-order valence-electron chi connectivity index (χ3n) is 3.39. The van der Waals surface area contributed by atoms with Crippen LogP contribution < -0.4 is 4.74 Å². The van der Waals surface area contributed by atoms with Crippen LogP contribution in [0.5, 0.6) is 5.75 Å². The largest absolute Gasteiger partial charge is 0.485 e. The third kappa shape index (κ3) is 3.63. The molecule has 1 heterocycles. The van der Waals surface area contributed by atoms with E-state index in [-0.39, 0.29) is 18.0 Å². The molecule has 6 heteroatoms. The highest BCUT2D eigenvalue weighted by molar-refractivity contribution is 6.30. The molecule has 0 spiro atoms. The van der Waals surface area contributed by atoms with E-state index in [1.807, 2.05) is 12.1 Å². The number of benzene rings is 2. The van der Waals surface area contributed by atoms with Crippen molar-refractivity contribution >= 4 is 17.4 Å². The molecule has 24 heavy (non-hydrogen) atoms. The molecule has 0 saturated heterocycles. The predicted molar refractivity (Wildman–Crippen MR) is 87.7 cm³/mol. The van der Waals surface area contributed by atoms with Gasteiger partial charge in [-0.15, -0.1) is 0 Å². The van der Waals surface area contributed by atoms with Gasteiger partial charge in [-0.05, 0) is 37.3 Å². The predicted octanol–water partition coefficient (Wildman–Crippen LogP) is 4.92. The first-order valence-electron chi connectivity index (χ1n) is 7.18. The van der Waals surface area contributed by atoms with Crippen LogP contribution >= 0.6 is 11.6 Å². The Morgan fingerprint density at radius 2 is 1.96 bits per heavy atom. The summed E-state index contributed by atoms with van der Waals surface area (Å²) >= 11 is 5.86. The van der Waals surface area contributed by atoms with Crippen LogP contribution in [0.25, 0.3) is 11.3 Å². The van der Waals surface area contributed by atoms with Crippen molar-refractivity contribution in [2.45, 2.75) is 13.5 Å². The molecule has 0 fully saturated rings. The Labute approximate surface area is 142 Å². The van der Waals surface area contributed by atoms with E-state index < -0.39 is 5.82 Å². The molecule has 3 aromatic rings. The molecule has 4 nitrogen and oxygen atoms in total. The molecule has 0 radical (unpaired) electrons. The standard InChI is InChI=1S/C18H13ClFNO3/c1-11(22)16-8-14(20)6-7-18(16)23-10-15-9-17(21-24-15)12-2-4-13(19)5-3-12/h2-9H,10H2,1H3. The quantitative estimate of drug-likeness (QED) is 0.616. The minimum Gasteiger partial charge on any atom is -0.485 e. The monoisotopic (exact) mass is 345 g/mol. The van der Waals surface area contributed by atoms with Crippen LogP contribution in [0.3, 0.4) is 0 Å². The summed E-state index contributed by atoms with van der Waals surface area (Å²) in [5.74, 6) is 0.0216. The van der Waals surface area contributed by atoms with E-state index in [0.29, 0.717) is 22.2 Å². The number of hydrogen-bond acceptors (Lipinski definition) is 4. The molecule has 2 aromatic carbocycles. The van der Waals surface area contributed by atoms with Gasteiger partial charge in [-0.3, -0.25) is 4.79 Å². The number of halogens is 2. The Morgan fingerprint density at radius 1 is 1.21 bits per heavy atom. The lowest BCUT2D eigenvalue weighted by atomic mass is 10.1. The summed E-state index contributed by atoms with van der Waals surface area (Å²) in [6, 6.07) is 12.7. The second-order valence-corrected chi connectivity index (χ2v) is 5.61. The number of carbonyl (C=O) groups excluding carboxylic acids is 1. The molecule has 3 rings (SSSR count). The summed E-state index contributed by atoms with van der Waals surface area (Å²) < 4.78 is 24.0. The molecule has 0 bridgehead atoms. The SMILES string of the molecule is CC(=O)c1cc(F)ccc1OCc1cc(-c2ccc(Cl)cc2)no1. The summed E-state index contributed by atoms with van der Waals surface area (Å²) in [5, 5.41) is 4.61. The number of carbonyl (C=O) groups is 1. The zero-order valence-electron chi connectivity index (χ0n) is 12.8. The number of nitrogens with zero attached hydrogens (tertiary/aromatic N) is 1. The van der Waals surface area contributed by atoms with Gasteiger partial charge in [-0.25, -0.2) is 4.39 Å².